The number of anilines is 1. The summed E-state index contributed by atoms with van der Waals surface area (Å²) in [5.74, 6) is 1.12. The second-order valence-electron chi connectivity index (χ2n) is 5.50. The number of aromatic nitrogens is 1. The van der Waals surface area contributed by atoms with Crippen molar-refractivity contribution in [2.24, 2.45) is 0 Å². The number of aromatic amines is 1. The molecule has 3 heteroatoms. The number of nitrogens with zero attached hydrogens (tertiary/aromatic N) is 1. The molecule has 0 bridgehead atoms. The van der Waals surface area contributed by atoms with Crippen LogP contribution in [0.4, 0.5) is 5.82 Å². The first kappa shape index (κ1) is 12.3. The van der Waals surface area contributed by atoms with E-state index in [0.717, 1.165) is 22.3 Å². The molecule has 19 heavy (non-hydrogen) atoms. The summed E-state index contributed by atoms with van der Waals surface area (Å²) in [6, 6.07) is 8.61. The van der Waals surface area contributed by atoms with Crippen LogP contribution in [0.5, 0.6) is 0 Å². The van der Waals surface area contributed by atoms with Crippen LogP contribution < -0.4 is 4.90 Å². The summed E-state index contributed by atoms with van der Waals surface area (Å²) >= 11 is 0. The van der Waals surface area contributed by atoms with Crippen molar-refractivity contribution in [3.63, 3.8) is 0 Å². The topological polar surface area (TPSA) is 36.1 Å². The number of fused-ring (bicyclic) bond motifs is 1. The molecule has 0 spiro atoms. The Bertz CT molecular complexity index is 608. The highest BCUT2D eigenvalue weighted by Gasteiger charge is 2.25. The van der Waals surface area contributed by atoms with Crippen molar-refractivity contribution in [1.82, 2.24) is 4.98 Å². The summed E-state index contributed by atoms with van der Waals surface area (Å²) in [7, 11) is 2.10. The van der Waals surface area contributed by atoms with E-state index in [4.69, 9.17) is 0 Å². The summed E-state index contributed by atoms with van der Waals surface area (Å²) in [6.07, 6.45) is 5.04. The quantitative estimate of drug-likeness (QED) is 0.849. The number of hydrogen-bond donors (Lipinski definition) is 1. The van der Waals surface area contributed by atoms with Crippen LogP contribution in [0.3, 0.4) is 0 Å². The molecular formula is C16H20N2O. The zero-order chi connectivity index (χ0) is 13.4. The predicted molar refractivity (Wildman–Crippen MR) is 79.0 cm³/mol. The molecule has 1 aliphatic carbocycles. The van der Waals surface area contributed by atoms with Crippen LogP contribution in [0.25, 0.3) is 10.9 Å². The molecule has 1 heterocycles. The first-order valence-electron chi connectivity index (χ1n) is 7.03. The lowest BCUT2D eigenvalue weighted by Crippen LogP contribution is -2.30. The van der Waals surface area contributed by atoms with Gasteiger partial charge in [-0.05, 0) is 25.8 Å². The maximum atomic E-state index is 12.0. The molecule has 1 aliphatic rings. The van der Waals surface area contributed by atoms with Crippen molar-refractivity contribution >= 4 is 22.5 Å². The van der Waals surface area contributed by atoms with E-state index in [-0.39, 0.29) is 5.78 Å². The standard InChI is InChI=1S/C16H20N2O/c1-11(19)15-13-9-5-6-10-14(13)17-16(15)18(2)12-7-3-4-8-12/h5-6,9-10,12,17H,3-4,7-8H2,1-2H3. The lowest BCUT2D eigenvalue weighted by atomic mass is 10.1. The Morgan fingerprint density at radius 3 is 2.63 bits per heavy atom. The highest BCUT2D eigenvalue weighted by atomic mass is 16.1. The molecule has 0 atom stereocenters. The Morgan fingerprint density at radius 1 is 1.26 bits per heavy atom. The third kappa shape index (κ3) is 2.03. The molecule has 0 radical (unpaired) electrons. The first-order chi connectivity index (χ1) is 9.18. The van der Waals surface area contributed by atoms with Crippen molar-refractivity contribution in [2.45, 2.75) is 38.6 Å². The van der Waals surface area contributed by atoms with Gasteiger partial charge < -0.3 is 9.88 Å². The van der Waals surface area contributed by atoms with E-state index in [9.17, 15) is 4.79 Å². The maximum Gasteiger partial charge on any atom is 0.164 e. The number of hydrogen-bond acceptors (Lipinski definition) is 2. The molecule has 1 saturated carbocycles. The van der Waals surface area contributed by atoms with Crippen LogP contribution in [-0.4, -0.2) is 23.9 Å². The average molecular weight is 256 g/mol. The molecule has 0 unspecified atom stereocenters. The minimum absolute atomic E-state index is 0.136. The lowest BCUT2D eigenvalue weighted by Gasteiger charge is -2.26. The molecular weight excluding hydrogens is 236 g/mol. The summed E-state index contributed by atoms with van der Waals surface area (Å²) in [5.41, 5.74) is 1.89. The Balaban J connectivity index is 2.11. The fourth-order valence-corrected chi connectivity index (χ4v) is 3.22. The van der Waals surface area contributed by atoms with E-state index in [0.29, 0.717) is 6.04 Å². The van der Waals surface area contributed by atoms with Gasteiger partial charge in [0.05, 0.1) is 5.56 Å². The van der Waals surface area contributed by atoms with E-state index in [2.05, 4.69) is 16.9 Å². The third-order valence-electron chi connectivity index (χ3n) is 4.26. The van der Waals surface area contributed by atoms with Crippen LogP contribution in [0.2, 0.25) is 0 Å². The molecule has 2 aromatic rings. The van der Waals surface area contributed by atoms with Gasteiger partial charge in [0, 0.05) is 24.0 Å². The van der Waals surface area contributed by atoms with Crippen molar-refractivity contribution in [2.75, 3.05) is 11.9 Å². The highest BCUT2D eigenvalue weighted by molar-refractivity contribution is 6.11. The normalized spacial score (nSPS) is 16.1. The van der Waals surface area contributed by atoms with E-state index in [1.807, 2.05) is 24.3 Å². The molecule has 3 rings (SSSR count). The SMILES string of the molecule is CC(=O)c1c(N(C)C2CCCC2)[nH]c2ccccc12. The molecule has 0 amide bonds. The van der Waals surface area contributed by atoms with Crippen molar-refractivity contribution in [3.8, 4) is 0 Å². The Hall–Kier alpha value is -1.77. The van der Waals surface area contributed by atoms with Crippen LogP contribution in [0, 0.1) is 0 Å². The van der Waals surface area contributed by atoms with Crippen LogP contribution in [0.1, 0.15) is 43.0 Å². The number of rotatable bonds is 3. The summed E-state index contributed by atoms with van der Waals surface area (Å²) in [5, 5.41) is 1.04. The number of carbonyl (C=O) groups is 1. The predicted octanol–water partition coefficient (Wildman–Crippen LogP) is 3.75. The Morgan fingerprint density at radius 2 is 1.95 bits per heavy atom. The zero-order valence-electron chi connectivity index (χ0n) is 11.6. The minimum Gasteiger partial charge on any atom is -0.358 e. The molecule has 3 nitrogen and oxygen atoms in total. The third-order valence-corrected chi connectivity index (χ3v) is 4.26. The van der Waals surface area contributed by atoms with Crippen LogP contribution in [0.15, 0.2) is 24.3 Å². The van der Waals surface area contributed by atoms with Crippen LogP contribution >= 0.6 is 0 Å². The fraction of sp³-hybridized carbons (Fsp3) is 0.438. The number of nitrogens with one attached hydrogen (secondary N) is 1. The van der Waals surface area contributed by atoms with Crippen molar-refractivity contribution in [3.05, 3.63) is 29.8 Å². The molecule has 0 saturated heterocycles. The fourth-order valence-electron chi connectivity index (χ4n) is 3.22. The molecule has 0 aliphatic heterocycles. The summed E-state index contributed by atoms with van der Waals surface area (Å²) in [6.45, 7) is 1.65. The Kier molecular flexibility index (Phi) is 3.05. The molecule has 100 valence electrons. The van der Waals surface area contributed by atoms with Gasteiger partial charge in [-0.15, -0.1) is 0 Å². The molecule has 1 fully saturated rings. The van der Waals surface area contributed by atoms with E-state index in [1.165, 1.54) is 25.7 Å². The zero-order valence-corrected chi connectivity index (χ0v) is 11.6. The summed E-state index contributed by atoms with van der Waals surface area (Å²) < 4.78 is 0. The largest absolute Gasteiger partial charge is 0.358 e. The number of Topliss-reactive ketones (excluding diaryl/α,β-unsaturated/α-hetero) is 1. The van der Waals surface area contributed by atoms with E-state index < -0.39 is 0 Å². The number of carbonyl (C=O) groups excluding carboxylic acids is 1. The van der Waals surface area contributed by atoms with Gasteiger partial charge in [-0.25, -0.2) is 0 Å². The number of ketones is 1. The smallest absolute Gasteiger partial charge is 0.164 e. The number of para-hydroxylation sites is 1. The maximum absolute atomic E-state index is 12.0. The number of benzene rings is 1. The van der Waals surface area contributed by atoms with E-state index in [1.54, 1.807) is 6.92 Å². The minimum atomic E-state index is 0.136. The Labute approximate surface area is 113 Å². The van der Waals surface area contributed by atoms with Gasteiger partial charge in [-0.1, -0.05) is 31.0 Å². The molecule has 1 N–H and O–H groups in total. The van der Waals surface area contributed by atoms with Crippen molar-refractivity contribution in [1.29, 1.82) is 0 Å². The lowest BCUT2D eigenvalue weighted by molar-refractivity contribution is 0.101. The molecule has 1 aromatic carbocycles. The van der Waals surface area contributed by atoms with Crippen molar-refractivity contribution < 1.29 is 4.79 Å². The summed E-state index contributed by atoms with van der Waals surface area (Å²) in [4.78, 5) is 17.7. The molecule has 1 aromatic heterocycles. The second-order valence-corrected chi connectivity index (χ2v) is 5.50. The van der Waals surface area contributed by atoms with Gasteiger partial charge >= 0.3 is 0 Å². The van der Waals surface area contributed by atoms with Gasteiger partial charge in [-0.2, -0.15) is 0 Å². The van der Waals surface area contributed by atoms with Gasteiger partial charge in [0.25, 0.3) is 0 Å². The highest BCUT2D eigenvalue weighted by Crippen LogP contribution is 2.33. The van der Waals surface area contributed by atoms with Gasteiger partial charge in [0.2, 0.25) is 0 Å². The van der Waals surface area contributed by atoms with Crippen LogP contribution in [-0.2, 0) is 0 Å². The average Bonchev–Trinajstić information content (AvgIpc) is 3.04. The van der Waals surface area contributed by atoms with E-state index >= 15 is 0 Å². The van der Waals surface area contributed by atoms with Gasteiger partial charge in [-0.3, -0.25) is 4.79 Å². The number of H-pyrrole nitrogens is 1. The second kappa shape index (κ2) is 4.72. The van der Waals surface area contributed by atoms with Gasteiger partial charge in [0.1, 0.15) is 5.82 Å². The monoisotopic (exact) mass is 256 g/mol. The van der Waals surface area contributed by atoms with Gasteiger partial charge in [0.15, 0.2) is 5.78 Å². The first-order valence-corrected chi connectivity index (χ1v) is 7.03.